The summed E-state index contributed by atoms with van der Waals surface area (Å²) in [6, 6.07) is 14.4. The second-order valence-electron chi connectivity index (χ2n) is 6.46. The van der Waals surface area contributed by atoms with Gasteiger partial charge in [0.1, 0.15) is 5.82 Å². The molecule has 5 heteroatoms. The van der Waals surface area contributed by atoms with Crippen LogP contribution in [0.1, 0.15) is 26.0 Å². The summed E-state index contributed by atoms with van der Waals surface area (Å²) in [4.78, 5) is 11.6. The van der Waals surface area contributed by atoms with E-state index < -0.39 is 12.1 Å². The number of aromatic nitrogens is 1. The zero-order chi connectivity index (χ0) is 20.1. The summed E-state index contributed by atoms with van der Waals surface area (Å²) in [7, 11) is 0. The van der Waals surface area contributed by atoms with Crippen LogP contribution in [0.15, 0.2) is 54.6 Å². The van der Waals surface area contributed by atoms with Crippen molar-refractivity contribution in [3.63, 3.8) is 0 Å². The molecule has 0 spiro atoms. The standard InChI is InChI=1S/C23H24FNO3/c1-3-25-20-8-6-5-7-19(20)23(16-9-11-17(24)12-10-16)21(25)14-13-18(26)15-22(27)28-4-2/h5-14,18,26H,3-4,15H2,1-2H3/b14-13+. The highest BCUT2D eigenvalue weighted by molar-refractivity contribution is 6.00. The molecule has 28 heavy (non-hydrogen) atoms. The van der Waals surface area contributed by atoms with Gasteiger partial charge in [-0.15, -0.1) is 0 Å². The number of halogens is 1. The maximum atomic E-state index is 13.4. The van der Waals surface area contributed by atoms with E-state index in [0.717, 1.165) is 34.3 Å². The Balaban J connectivity index is 2.07. The van der Waals surface area contributed by atoms with Crippen molar-refractivity contribution in [2.24, 2.45) is 0 Å². The van der Waals surface area contributed by atoms with Crippen LogP contribution in [-0.4, -0.2) is 28.4 Å². The lowest BCUT2D eigenvalue weighted by Crippen LogP contribution is -2.13. The van der Waals surface area contributed by atoms with E-state index in [2.05, 4.69) is 4.57 Å². The van der Waals surface area contributed by atoms with Gasteiger partial charge in [-0.25, -0.2) is 4.39 Å². The fourth-order valence-electron chi connectivity index (χ4n) is 3.42. The Morgan fingerprint density at radius 3 is 2.57 bits per heavy atom. The fourth-order valence-corrected chi connectivity index (χ4v) is 3.42. The molecule has 0 radical (unpaired) electrons. The van der Waals surface area contributed by atoms with Crippen LogP contribution in [0.25, 0.3) is 28.1 Å². The number of carbonyl (C=O) groups is 1. The van der Waals surface area contributed by atoms with Crippen LogP contribution < -0.4 is 0 Å². The van der Waals surface area contributed by atoms with Crippen molar-refractivity contribution in [3.8, 4) is 11.1 Å². The van der Waals surface area contributed by atoms with Gasteiger partial charge < -0.3 is 14.4 Å². The number of nitrogens with zero attached hydrogens (tertiary/aromatic N) is 1. The number of para-hydroxylation sites is 1. The van der Waals surface area contributed by atoms with E-state index in [4.69, 9.17) is 4.74 Å². The Bertz CT molecular complexity index is 989. The SMILES string of the molecule is CCOC(=O)CC(O)/C=C/c1c(-c2ccc(F)cc2)c2ccccc2n1CC. The van der Waals surface area contributed by atoms with E-state index in [-0.39, 0.29) is 18.8 Å². The topological polar surface area (TPSA) is 51.5 Å². The predicted octanol–water partition coefficient (Wildman–Crippen LogP) is 4.79. The minimum Gasteiger partial charge on any atom is -0.466 e. The van der Waals surface area contributed by atoms with Crippen LogP contribution in [0.3, 0.4) is 0 Å². The molecule has 146 valence electrons. The normalized spacial score (nSPS) is 12.6. The van der Waals surface area contributed by atoms with Gasteiger partial charge in [0.25, 0.3) is 0 Å². The number of rotatable bonds is 7. The Morgan fingerprint density at radius 1 is 1.18 bits per heavy atom. The van der Waals surface area contributed by atoms with E-state index in [9.17, 15) is 14.3 Å². The molecular formula is C23H24FNO3. The molecule has 1 unspecified atom stereocenters. The van der Waals surface area contributed by atoms with Crippen LogP contribution in [0.4, 0.5) is 4.39 Å². The number of esters is 1. The second-order valence-corrected chi connectivity index (χ2v) is 6.46. The van der Waals surface area contributed by atoms with Crippen molar-refractivity contribution in [2.75, 3.05) is 6.61 Å². The number of aliphatic hydroxyl groups excluding tert-OH is 1. The monoisotopic (exact) mass is 381 g/mol. The third-order valence-corrected chi connectivity index (χ3v) is 4.62. The maximum Gasteiger partial charge on any atom is 0.308 e. The molecule has 0 aliphatic heterocycles. The van der Waals surface area contributed by atoms with Crippen molar-refractivity contribution >= 4 is 22.9 Å². The molecule has 0 aliphatic carbocycles. The third-order valence-electron chi connectivity index (χ3n) is 4.62. The molecule has 3 aromatic rings. The molecule has 0 saturated carbocycles. The second kappa shape index (κ2) is 8.85. The zero-order valence-electron chi connectivity index (χ0n) is 16.1. The van der Waals surface area contributed by atoms with Gasteiger partial charge in [0.15, 0.2) is 0 Å². The lowest BCUT2D eigenvalue weighted by molar-refractivity contribution is -0.144. The molecule has 0 fully saturated rings. The quantitative estimate of drug-likeness (QED) is 0.599. The number of aliphatic hydroxyl groups is 1. The highest BCUT2D eigenvalue weighted by Crippen LogP contribution is 2.36. The largest absolute Gasteiger partial charge is 0.466 e. The Hall–Kier alpha value is -2.92. The van der Waals surface area contributed by atoms with Gasteiger partial charge >= 0.3 is 5.97 Å². The van der Waals surface area contributed by atoms with Gasteiger partial charge in [0.2, 0.25) is 0 Å². The van der Waals surface area contributed by atoms with E-state index in [0.29, 0.717) is 0 Å². The van der Waals surface area contributed by atoms with E-state index in [1.54, 1.807) is 25.1 Å². The summed E-state index contributed by atoms with van der Waals surface area (Å²) in [6.07, 6.45) is 2.39. The van der Waals surface area contributed by atoms with Gasteiger partial charge in [-0.1, -0.05) is 36.4 Å². The molecule has 1 aromatic heterocycles. The zero-order valence-corrected chi connectivity index (χ0v) is 16.1. The number of hydrogen-bond acceptors (Lipinski definition) is 3. The Morgan fingerprint density at radius 2 is 1.89 bits per heavy atom. The maximum absolute atomic E-state index is 13.4. The molecule has 3 rings (SSSR count). The van der Waals surface area contributed by atoms with Crippen molar-refractivity contribution in [1.29, 1.82) is 0 Å². The molecule has 2 aromatic carbocycles. The van der Waals surface area contributed by atoms with Crippen LogP contribution in [-0.2, 0) is 16.1 Å². The van der Waals surface area contributed by atoms with E-state index in [1.807, 2.05) is 37.3 Å². The highest BCUT2D eigenvalue weighted by atomic mass is 19.1. The van der Waals surface area contributed by atoms with Crippen LogP contribution in [0.2, 0.25) is 0 Å². The Kier molecular flexibility index (Phi) is 6.26. The van der Waals surface area contributed by atoms with Crippen LogP contribution in [0, 0.1) is 5.82 Å². The summed E-state index contributed by atoms with van der Waals surface area (Å²) in [5, 5.41) is 11.2. The molecule has 0 aliphatic rings. The molecular weight excluding hydrogens is 357 g/mol. The summed E-state index contributed by atoms with van der Waals surface area (Å²) >= 11 is 0. The van der Waals surface area contributed by atoms with Gasteiger partial charge in [-0.2, -0.15) is 0 Å². The third kappa shape index (κ3) is 4.15. The van der Waals surface area contributed by atoms with Crippen LogP contribution >= 0.6 is 0 Å². The lowest BCUT2D eigenvalue weighted by atomic mass is 10.0. The number of carbonyl (C=O) groups excluding carboxylic acids is 1. The number of hydrogen-bond donors (Lipinski definition) is 1. The average Bonchev–Trinajstić information content (AvgIpc) is 3.00. The molecule has 0 amide bonds. The summed E-state index contributed by atoms with van der Waals surface area (Å²) in [6.45, 7) is 4.80. The molecule has 1 heterocycles. The first-order valence-corrected chi connectivity index (χ1v) is 9.44. The van der Waals surface area contributed by atoms with Gasteiger partial charge in [-0.3, -0.25) is 4.79 Å². The Labute approximate surface area is 163 Å². The molecule has 0 bridgehead atoms. The van der Waals surface area contributed by atoms with Gasteiger partial charge in [-0.05, 0) is 43.7 Å². The fraction of sp³-hybridized carbons (Fsp3) is 0.261. The van der Waals surface area contributed by atoms with Gasteiger partial charge in [0, 0.05) is 28.7 Å². The molecule has 1 N–H and O–H groups in total. The first-order chi connectivity index (χ1) is 13.5. The minimum absolute atomic E-state index is 0.0947. The highest BCUT2D eigenvalue weighted by Gasteiger charge is 2.17. The van der Waals surface area contributed by atoms with Crippen molar-refractivity contribution < 1.29 is 19.0 Å². The van der Waals surface area contributed by atoms with Crippen LogP contribution in [0.5, 0.6) is 0 Å². The first kappa shape index (κ1) is 19.8. The molecule has 4 nitrogen and oxygen atoms in total. The number of ether oxygens (including phenoxy) is 1. The van der Waals surface area contributed by atoms with E-state index >= 15 is 0 Å². The van der Waals surface area contributed by atoms with Crippen molar-refractivity contribution in [2.45, 2.75) is 32.9 Å². The number of benzene rings is 2. The lowest BCUT2D eigenvalue weighted by Gasteiger charge is -2.09. The smallest absolute Gasteiger partial charge is 0.308 e. The van der Waals surface area contributed by atoms with Crippen molar-refractivity contribution in [1.82, 2.24) is 4.57 Å². The summed E-state index contributed by atoms with van der Waals surface area (Å²) < 4.78 is 20.5. The summed E-state index contributed by atoms with van der Waals surface area (Å²) in [5.41, 5.74) is 3.82. The number of aryl methyl sites for hydroxylation is 1. The van der Waals surface area contributed by atoms with Crippen molar-refractivity contribution in [3.05, 3.63) is 66.1 Å². The minimum atomic E-state index is -0.941. The molecule has 0 saturated heterocycles. The van der Waals surface area contributed by atoms with Gasteiger partial charge in [0.05, 0.1) is 19.1 Å². The first-order valence-electron chi connectivity index (χ1n) is 9.44. The predicted molar refractivity (Wildman–Crippen MR) is 109 cm³/mol. The molecule has 1 atom stereocenters. The summed E-state index contributed by atoms with van der Waals surface area (Å²) in [5.74, 6) is -0.723. The average molecular weight is 381 g/mol. The van der Waals surface area contributed by atoms with E-state index in [1.165, 1.54) is 12.1 Å². The number of fused-ring (bicyclic) bond motifs is 1.